The van der Waals surface area contributed by atoms with Gasteiger partial charge in [0.15, 0.2) is 0 Å². The Morgan fingerprint density at radius 2 is 2.04 bits per heavy atom. The van der Waals surface area contributed by atoms with Gasteiger partial charge in [-0.05, 0) is 23.8 Å². The fourth-order valence-corrected chi connectivity index (χ4v) is 2.11. The molecule has 6 nitrogen and oxygen atoms in total. The van der Waals surface area contributed by atoms with Crippen LogP contribution in [-0.2, 0) is 6.54 Å². The third-order valence-corrected chi connectivity index (χ3v) is 3.31. The van der Waals surface area contributed by atoms with Gasteiger partial charge >= 0.3 is 0 Å². The molecule has 23 heavy (non-hydrogen) atoms. The molecule has 0 spiro atoms. The molecule has 0 heterocycles. The highest BCUT2D eigenvalue weighted by molar-refractivity contribution is 5.61. The average molecular weight is 314 g/mol. The number of nitrogens with one attached hydrogen (secondary N) is 1. The zero-order valence-electron chi connectivity index (χ0n) is 12.7. The van der Waals surface area contributed by atoms with Crippen molar-refractivity contribution >= 4 is 17.1 Å². The molecular weight excluding hydrogens is 299 g/mol. The number of hydrogen-bond donors (Lipinski definition) is 1. The van der Waals surface area contributed by atoms with E-state index < -0.39 is 4.92 Å². The van der Waals surface area contributed by atoms with Crippen LogP contribution in [0, 0.1) is 27.3 Å². The van der Waals surface area contributed by atoms with Gasteiger partial charge in [0.05, 0.1) is 21.9 Å². The number of anilines is 2. The maximum atomic E-state index is 13.9. The molecule has 0 amide bonds. The Hall–Kier alpha value is -3.14. The van der Waals surface area contributed by atoms with Crippen LogP contribution in [0.1, 0.15) is 11.1 Å². The summed E-state index contributed by atoms with van der Waals surface area (Å²) < 4.78 is 13.9. The average Bonchev–Trinajstić information content (AvgIpc) is 2.52. The van der Waals surface area contributed by atoms with Crippen molar-refractivity contribution in [3.8, 4) is 6.07 Å². The molecule has 2 rings (SSSR count). The monoisotopic (exact) mass is 314 g/mol. The number of hydrogen-bond acceptors (Lipinski definition) is 5. The molecule has 2 aromatic carbocycles. The first-order valence-corrected chi connectivity index (χ1v) is 6.80. The number of benzene rings is 2. The molecule has 0 aliphatic heterocycles. The first kappa shape index (κ1) is 16.2. The highest BCUT2D eigenvalue weighted by Gasteiger charge is 2.11. The van der Waals surface area contributed by atoms with Gasteiger partial charge in [-0.25, -0.2) is 4.39 Å². The highest BCUT2D eigenvalue weighted by atomic mass is 19.1. The van der Waals surface area contributed by atoms with Crippen LogP contribution < -0.4 is 10.2 Å². The smallest absolute Gasteiger partial charge is 0.270 e. The number of nitrogens with zero attached hydrogens (tertiary/aromatic N) is 3. The number of nitro groups is 1. The van der Waals surface area contributed by atoms with E-state index in [9.17, 15) is 14.5 Å². The molecule has 0 saturated heterocycles. The minimum Gasteiger partial charge on any atom is -0.380 e. The van der Waals surface area contributed by atoms with E-state index in [-0.39, 0.29) is 17.1 Å². The molecule has 0 fully saturated rings. The van der Waals surface area contributed by atoms with Crippen molar-refractivity contribution in [1.82, 2.24) is 0 Å². The molecule has 0 atom stereocenters. The quantitative estimate of drug-likeness (QED) is 0.676. The van der Waals surface area contributed by atoms with Crippen molar-refractivity contribution in [3.05, 3.63) is 63.5 Å². The topological polar surface area (TPSA) is 82.2 Å². The summed E-state index contributed by atoms with van der Waals surface area (Å²) in [6.07, 6.45) is 0. The highest BCUT2D eigenvalue weighted by Crippen LogP contribution is 2.23. The van der Waals surface area contributed by atoms with Gasteiger partial charge in [-0.3, -0.25) is 10.1 Å². The minimum absolute atomic E-state index is 0.145. The van der Waals surface area contributed by atoms with Crippen LogP contribution in [0.25, 0.3) is 0 Å². The van der Waals surface area contributed by atoms with Crippen LogP contribution in [0.4, 0.5) is 21.5 Å². The number of halogens is 1. The zero-order chi connectivity index (χ0) is 17.0. The van der Waals surface area contributed by atoms with E-state index in [0.717, 1.165) is 0 Å². The van der Waals surface area contributed by atoms with E-state index in [4.69, 9.17) is 5.26 Å². The van der Waals surface area contributed by atoms with Crippen LogP contribution in [-0.4, -0.2) is 19.0 Å². The molecule has 0 radical (unpaired) electrons. The summed E-state index contributed by atoms with van der Waals surface area (Å²) in [6.45, 7) is 0.303. The lowest BCUT2D eigenvalue weighted by atomic mass is 10.1. The van der Waals surface area contributed by atoms with Gasteiger partial charge in [-0.1, -0.05) is 6.07 Å². The number of rotatable bonds is 5. The van der Waals surface area contributed by atoms with Gasteiger partial charge < -0.3 is 10.2 Å². The molecule has 0 aliphatic carbocycles. The summed E-state index contributed by atoms with van der Waals surface area (Å²) in [5.41, 5.74) is 1.69. The number of non-ortho nitro benzene ring substituents is 1. The zero-order valence-corrected chi connectivity index (χ0v) is 12.7. The number of nitro benzene ring substituents is 1. The van der Waals surface area contributed by atoms with E-state index in [2.05, 4.69) is 5.32 Å². The second-order valence-corrected chi connectivity index (χ2v) is 5.13. The Kier molecular flexibility index (Phi) is 4.76. The van der Waals surface area contributed by atoms with Crippen molar-refractivity contribution in [2.75, 3.05) is 24.3 Å². The summed E-state index contributed by atoms with van der Waals surface area (Å²) in [7, 11) is 3.51. The van der Waals surface area contributed by atoms with Crippen LogP contribution in [0.3, 0.4) is 0 Å². The maximum absolute atomic E-state index is 13.9. The molecule has 7 heteroatoms. The van der Waals surface area contributed by atoms with Gasteiger partial charge in [-0.2, -0.15) is 5.26 Å². The summed E-state index contributed by atoms with van der Waals surface area (Å²) in [4.78, 5) is 11.8. The molecule has 0 unspecified atom stereocenters. The van der Waals surface area contributed by atoms with Crippen LogP contribution in [0.15, 0.2) is 36.4 Å². The fourth-order valence-electron chi connectivity index (χ4n) is 2.11. The van der Waals surface area contributed by atoms with Crippen LogP contribution in [0.5, 0.6) is 0 Å². The Labute approximate surface area is 132 Å². The maximum Gasteiger partial charge on any atom is 0.270 e. The van der Waals surface area contributed by atoms with Gasteiger partial charge in [0, 0.05) is 32.8 Å². The Balaban J connectivity index is 2.17. The van der Waals surface area contributed by atoms with E-state index in [0.29, 0.717) is 23.5 Å². The number of nitriles is 1. The summed E-state index contributed by atoms with van der Waals surface area (Å²) >= 11 is 0. The molecule has 0 aromatic heterocycles. The second-order valence-electron chi connectivity index (χ2n) is 5.13. The van der Waals surface area contributed by atoms with E-state index in [1.165, 1.54) is 24.3 Å². The molecular formula is C16H15FN4O2. The lowest BCUT2D eigenvalue weighted by Gasteiger charge is -2.14. The second kappa shape index (κ2) is 6.75. The summed E-state index contributed by atoms with van der Waals surface area (Å²) in [6, 6.07) is 10.8. The third-order valence-electron chi connectivity index (χ3n) is 3.31. The van der Waals surface area contributed by atoms with Crippen LogP contribution in [0.2, 0.25) is 0 Å². The molecule has 0 aliphatic rings. The normalized spacial score (nSPS) is 10.0. The van der Waals surface area contributed by atoms with Crippen LogP contribution >= 0.6 is 0 Å². The van der Waals surface area contributed by atoms with E-state index in [1.807, 2.05) is 6.07 Å². The van der Waals surface area contributed by atoms with Gasteiger partial charge in [0.2, 0.25) is 0 Å². The van der Waals surface area contributed by atoms with Crippen molar-refractivity contribution in [3.63, 3.8) is 0 Å². The van der Waals surface area contributed by atoms with Crippen molar-refractivity contribution in [1.29, 1.82) is 5.26 Å². The Bertz CT molecular complexity index is 784. The summed E-state index contributed by atoms with van der Waals surface area (Å²) in [5, 5.41) is 22.8. The van der Waals surface area contributed by atoms with Crippen molar-refractivity contribution in [2.24, 2.45) is 0 Å². The Morgan fingerprint density at radius 3 is 2.61 bits per heavy atom. The standard InChI is InChI=1S/C16H15FN4O2/c1-20(2)16-6-3-11(7-14(16)17)10-19-15-5-4-13(21(22)23)8-12(15)9-18/h3-8,19H,10H2,1-2H3. The fraction of sp³-hybridized carbons (Fsp3) is 0.188. The molecule has 2 aromatic rings. The lowest BCUT2D eigenvalue weighted by Crippen LogP contribution is -2.11. The predicted molar refractivity (Wildman–Crippen MR) is 85.9 cm³/mol. The van der Waals surface area contributed by atoms with E-state index >= 15 is 0 Å². The SMILES string of the molecule is CN(C)c1ccc(CNc2ccc([N+](=O)[O-])cc2C#N)cc1F. The van der Waals surface area contributed by atoms with Gasteiger partial charge in [0.1, 0.15) is 11.9 Å². The van der Waals surface area contributed by atoms with Gasteiger partial charge in [-0.15, -0.1) is 0 Å². The van der Waals surface area contributed by atoms with Crippen molar-refractivity contribution in [2.45, 2.75) is 6.54 Å². The predicted octanol–water partition coefficient (Wildman–Crippen LogP) is 3.28. The Morgan fingerprint density at radius 1 is 1.30 bits per heavy atom. The first-order valence-electron chi connectivity index (χ1n) is 6.80. The third kappa shape index (κ3) is 3.74. The first-order chi connectivity index (χ1) is 10.9. The van der Waals surface area contributed by atoms with Gasteiger partial charge in [0.25, 0.3) is 5.69 Å². The molecule has 1 N–H and O–H groups in total. The molecule has 0 saturated carbocycles. The van der Waals surface area contributed by atoms with E-state index in [1.54, 1.807) is 31.1 Å². The minimum atomic E-state index is -0.556. The molecule has 118 valence electrons. The van der Waals surface area contributed by atoms with Crippen molar-refractivity contribution < 1.29 is 9.31 Å². The summed E-state index contributed by atoms with van der Waals surface area (Å²) in [5.74, 6) is -0.335. The molecule has 0 bridgehead atoms. The largest absolute Gasteiger partial charge is 0.380 e. The lowest BCUT2D eigenvalue weighted by molar-refractivity contribution is -0.384.